The molecule has 1 aliphatic carbocycles. The van der Waals surface area contributed by atoms with Crippen molar-refractivity contribution in [3.63, 3.8) is 0 Å². The van der Waals surface area contributed by atoms with Crippen LogP contribution >= 0.6 is 0 Å². The van der Waals surface area contributed by atoms with Crippen molar-refractivity contribution in [2.24, 2.45) is 11.3 Å². The molecule has 1 N–H and O–H groups in total. The Morgan fingerprint density at radius 1 is 1.24 bits per heavy atom. The minimum Gasteiger partial charge on any atom is -0.314 e. The molecule has 2 rings (SSSR count). The van der Waals surface area contributed by atoms with E-state index in [0.717, 1.165) is 18.0 Å². The first-order valence-electron chi connectivity index (χ1n) is 9.03. The van der Waals surface area contributed by atoms with Crippen molar-refractivity contribution in [3.8, 4) is 0 Å². The Morgan fingerprint density at radius 3 is 2.62 bits per heavy atom. The van der Waals surface area contributed by atoms with Crippen LogP contribution in [0.4, 0.5) is 0 Å². The molecule has 0 aromatic rings. The van der Waals surface area contributed by atoms with Crippen molar-refractivity contribution in [3.05, 3.63) is 0 Å². The molecule has 1 aliphatic heterocycles. The monoisotopic (exact) mass is 295 g/mol. The number of hydrogen-bond acceptors (Lipinski definition) is 3. The van der Waals surface area contributed by atoms with Gasteiger partial charge in [0, 0.05) is 25.2 Å². The summed E-state index contributed by atoms with van der Waals surface area (Å²) in [7, 11) is 4.45. The van der Waals surface area contributed by atoms with E-state index in [-0.39, 0.29) is 0 Å². The van der Waals surface area contributed by atoms with Gasteiger partial charge in [-0.3, -0.25) is 0 Å². The van der Waals surface area contributed by atoms with Crippen LogP contribution in [0.3, 0.4) is 0 Å². The average molecular weight is 296 g/mol. The minimum absolute atomic E-state index is 0.537. The summed E-state index contributed by atoms with van der Waals surface area (Å²) in [4.78, 5) is 5.12. The second-order valence-corrected chi connectivity index (χ2v) is 8.39. The average Bonchev–Trinajstić information content (AvgIpc) is 2.86. The number of nitrogens with one attached hydrogen (secondary N) is 1. The lowest BCUT2D eigenvalue weighted by molar-refractivity contribution is 0.106. The molecule has 2 aliphatic rings. The molecule has 21 heavy (non-hydrogen) atoms. The first-order chi connectivity index (χ1) is 9.91. The zero-order chi connectivity index (χ0) is 15.5. The second kappa shape index (κ2) is 7.43. The predicted molar refractivity (Wildman–Crippen MR) is 91.7 cm³/mol. The molecular formula is C18H37N3. The van der Waals surface area contributed by atoms with Crippen molar-refractivity contribution < 1.29 is 0 Å². The lowest BCUT2D eigenvalue weighted by atomic mass is 9.69. The Labute approximate surface area is 132 Å². The van der Waals surface area contributed by atoms with Gasteiger partial charge >= 0.3 is 0 Å². The molecule has 3 atom stereocenters. The van der Waals surface area contributed by atoms with Crippen LogP contribution in [0.2, 0.25) is 0 Å². The van der Waals surface area contributed by atoms with Gasteiger partial charge in [-0.2, -0.15) is 0 Å². The summed E-state index contributed by atoms with van der Waals surface area (Å²) in [6.07, 6.45) is 6.72. The Kier molecular flexibility index (Phi) is 6.10. The lowest BCUT2D eigenvalue weighted by Crippen LogP contribution is -2.47. The van der Waals surface area contributed by atoms with Crippen LogP contribution in [0.15, 0.2) is 0 Å². The molecule has 1 saturated heterocycles. The normalized spacial score (nSPS) is 33.7. The van der Waals surface area contributed by atoms with Crippen molar-refractivity contribution in [2.45, 2.75) is 65.0 Å². The molecule has 0 aromatic heterocycles. The third kappa shape index (κ3) is 4.94. The third-order valence-corrected chi connectivity index (χ3v) is 5.64. The maximum Gasteiger partial charge on any atom is 0.0229 e. The topological polar surface area (TPSA) is 18.5 Å². The molecule has 1 heterocycles. The van der Waals surface area contributed by atoms with Gasteiger partial charge in [-0.05, 0) is 70.6 Å². The summed E-state index contributed by atoms with van der Waals surface area (Å²) in [5.74, 6) is 0.834. The highest BCUT2D eigenvalue weighted by molar-refractivity contribution is 4.92. The summed E-state index contributed by atoms with van der Waals surface area (Å²) in [5, 5.41) is 3.83. The standard InChI is InChI=1S/C18H37N3/c1-6-10-19-17-7-9-18(2,3)12-15(17)13-21-11-8-16(14-21)20(4)5/h15-17,19H,6-14H2,1-5H3. The van der Waals surface area contributed by atoms with Crippen molar-refractivity contribution >= 4 is 0 Å². The molecule has 0 spiro atoms. The summed E-state index contributed by atoms with van der Waals surface area (Å²) in [5.41, 5.74) is 0.537. The van der Waals surface area contributed by atoms with Gasteiger partial charge in [-0.25, -0.2) is 0 Å². The van der Waals surface area contributed by atoms with Gasteiger partial charge < -0.3 is 15.1 Å². The van der Waals surface area contributed by atoms with Crippen molar-refractivity contribution in [2.75, 3.05) is 40.3 Å². The van der Waals surface area contributed by atoms with E-state index in [1.165, 1.54) is 58.3 Å². The molecule has 0 bridgehead atoms. The highest BCUT2D eigenvalue weighted by Crippen LogP contribution is 2.39. The molecule has 2 fully saturated rings. The highest BCUT2D eigenvalue weighted by atomic mass is 15.2. The second-order valence-electron chi connectivity index (χ2n) is 8.39. The number of likely N-dealkylation sites (N-methyl/N-ethyl adjacent to an activating group) is 1. The Bertz CT molecular complexity index is 314. The SMILES string of the molecule is CCCNC1CCC(C)(C)CC1CN1CCC(N(C)C)C1. The molecule has 0 radical (unpaired) electrons. The lowest BCUT2D eigenvalue weighted by Gasteiger charge is -2.42. The van der Waals surface area contributed by atoms with E-state index in [4.69, 9.17) is 0 Å². The van der Waals surface area contributed by atoms with E-state index >= 15 is 0 Å². The summed E-state index contributed by atoms with van der Waals surface area (Å²) >= 11 is 0. The van der Waals surface area contributed by atoms with Crippen LogP contribution in [0.1, 0.15) is 52.9 Å². The van der Waals surface area contributed by atoms with Gasteiger partial charge in [0.25, 0.3) is 0 Å². The third-order valence-electron chi connectivity index (χ3n) is 5.64. The maximum absolute atomic E-state index is 3.83. The van der Waals surface area contributed by atoms with Gasteiger partial charge in [0.2, 0.25) is 0 Å². The van der Waals surface area contributed by atoms with Crippen LogP contribution < -0.4 is 5.32 Å². The fourth-order valence-corrected chi connectivity index (χ4v) is 4.26. The number of rotatable bonds is 6. The quantitative estimate of drug-likeness (QED) is 0.813. The van der Waals surface area contributed by atoms with E-state index in [1.54, 1.807) is 0 Å². The van der Waals surface area contributed by atoms with Gasteiger partial charge in [-0.1, -0.05) is 20.8 Å². The van der Waals surface area contributed by atoms with E-state index in [1.807, 2.05) is 0 Å². The van der Waals surface area contributed by atoms with Crippen molar-refractivity contribution in [1.82, 2.24) is 15.1 Å². The zero-order valence-electron chi connectivity index (χ0n) is 15.0. The van der Waals surface area contributed by atoms with Gasteiger partial charge in [0.05, 0.1) is 0 Å². The molecule has 3 nitrogen and oxygen atoms in total. The van der Waals surface area contributed by atoms with E-state index in [2.05, 4.69) is 50.0 Å². The number of nitrogens with zero attached hydrogens (tertiary/aromatic N) is 2. The Balaban J connectivity index is 1.90. The minimum atomic E-state index is 0.537. The van der Waals surface area contributed by atoms with Gasteiger partial charge in [0.1, 0.15) is 0 Å². The van der Waals surface area contributed by atoms with Crippen LogP contribution in [0.5, 0.6) is 0 Å². The predicted octanol–water partition coefficient (Wildman–Crippen LogP) is 2.82. The van der Waals surface area contributed by atoms with Crippen LogP contribution in [0, 0.1) is 11.3 Å². The first-order valence-corrected chi connectivity index (χ1v) is 9.03. The Hall–Kier alpha value is -0.120. The molecular weight excluding hydrogens is 258 g/mol. The fraction of sp³-hybridized carbons (Fsp3) is 1.00. The van der Waals surface area contributed by atoms with Gasteiger partial charge in [-0.15, -0.1) is 0 Å². The largest absolute Gasteiger partial charge is 0.314 e. The van der Waals surface area contributed by atoms with Crippen LogP contribution in [-0.2, 0) is 0 Å². The molecule has 3 heteroatoms. The molecule has 0 aromatic carbocycles. The van der Waals surface area contributed by atoms with E-state index in [0.29, 0.717) is 5.41 Å². The zero-order valence-corrected chi connectivity index (χ0v) is 15.0. The van der Waals surface area contributed by atoms with Gasteiger partial charge in [0.15, 0.2) is 0 Å². The highest BCUT2D eigenvalue weighted by Gasteiger charge is 2.36. The molecule has 3 unspecified atom stereocenters. The van der Waals surface area contributed by atoms with E-state index in [9.17, 15) is 0 Å². The summed E-state index contributed by atoms with van der Waals surface area (Å²) in [6.45, 7) is 12.2. The molecule has 0 amide bonds. The summed E-state index contributed by atoms with van der Waals surface area (Å²) in [6, 6.07) is 1.51. The van der Waals surface area contributed by atoms with Crippen LogP contribution in [0.25, 0.3) is 0 Å². The maximum atomic E-state index is 3.83. The summed E-state index contributed by atoms with van der Waals surface area (Å²) < 4.78 is 0. The Morgan fingerprint density at radius 2 is 2.00 bits per heavy atom. The molecule has 1 saturated carbocycles. The fourth-order valence-electron chi connectivity index (χ4n) is 4.26. The number of likely N-dealkylation sites (tertiary alicyclic amines) is 1. The van der Waals surface area contributed by atoms with E-state index < -0.39 is 0 Å². The van der Waals surface area contributed by atoms with Crippen molar-refractivity contribution in [1.29, 1.82) is 0 Å². The van der Waals surface area contributed by atoms with Crippen LogP contribution in [-0.4, -0.2) is 62.2 Å². The smallest absolute Gasteiger partial charge is 0.0229 e. The number of hydrogen-bond donors (Lipinski definition) is 1. The molecule has 124 valence electrons. The first kappa shape index (κ1) is 17.2.